The number of aliphatic carboxylic acids is 1. The maximum Gasteiger partial charge on any atom is 0.410 e. The van der Waals surface area contributed by atoms with E-state index in [9.17, 15) is 28.0 Å². The number of benzene rings is 4. The van der Waals surface area contributed by atoms with Crippen molar-refractivity contribution in [3.63, 3.8) is 0 Å². The first-order valence-corrected chi connectivity index (χ1v) is 21.2. The van der Waals surface area contributed by atoms with Gasteiger partial charge in [-0.1, -0.05) is 60.7 Å². The van der Waals surface area contributed by atoms with E-state index >= 15 is 0 Å². The van der Waals surface area contributed by atoms with Crippen molar-refractivity contribution in [1.82, 2.24) is 9.80 Å². The SMILES string of the molecule is CC(C)(C)OC(=O)N(CCc1ccc(F)cc1)C1CCc2cc(/C=C/C(=O)O)ccc21.COC(=O)/C=C/c1ccc2c(c1)CCC2N(CCc1ccc(F)cc1)C(=O)OC(C)(C)C. The largest absolute Gasteiger partial charge is 0.478 e. The highest BCUT2D eigenvalue weighted by Gasteiger charge is 2.35. The van der Waals surface area contributed by atoms with Gasteiger partial charge in [-0.3, -0.25) is 0 Å². The second-order valence-electron chi connectivity index (χ2n) is 17.7. The number of methoxy groups -OCH3 is 1. The van der Waals surface area contributed by atoms with Crippen molar-refractivity contribution < 1.29 is 47.3 Å². The molecule has 2 aliphatic rings. The number of esters is 1. The summed E-state index contributed by atoms with van der Waals surface area (Å²) in [6.07, 6.45) is 9.45. The Hall–Kier alpha value is -6.30. The summed E-state index contributed by atoms with van der Waals surface area (Å²) in [5, 5.41) is 8.84. The van der Waals surface area contributed by atoms with Crippen LogP contribution in [0.1, 0.15) is 111 Å². The monoisotopic (exact) mass is 864 g/mol. The summed E-state index contributed by atoms with van der Waals surface area (Å²) in [7, 11) is 1.34. The number of carboxylic acid groups (broad SMARTS) is 1. The summed E-state index contributed by atoms with van der Waals surface area (Å²) in [6.45, 7) is 12.0. The van der Waals surface area contributed by atoms with Crippen LogP contribution in [0, 0.1) is 11.6 Å². The predicted molar refractivity (Wildman–Crippen MR) is 239 cm³/mol. The van der Waals surface area contributed by atoms with Gasteiger partial charge in [0, 0.05) is 25.2 Å². The Morgan fingerprint density at radius 1 is 0.635 bits per heavy atom. The third kappa shape index (κ3) is 14.4. The average molecular weight is 865 g/mol. The van der Waals surface area contributed by atoms with Crippen molar-refractivity contribution >= 4 is 36.3 Å². The third-order valence-corrected chi connectivity index (χ3v) is 10.6. The Kier molecular flexibility index (Phi) is 16.1. The van der Waals surface area contributed by atoms with Gasteiger partial charge >= 0.3 is 24.1 Å². The van der Waals surface area contributed by atoms with E-state index in [-0.39, 0.29) is 35.9 Å². The maximum absolute atomic E-state index is 13.2. The molecule has 0 bridgehead atoms. The van der Waals surface area contributed by atoms with E-state index in [2.05, 4.69) is 4.74 Å². The van der Waals surface area contributed by atoms with Crippen molar-refractivity contribution in [3.8, 4) is 0 Å². The van der Waals surface area contributed by atoms with Crippen molar-refractivity contribution in [2.24, 2.45) is 0 Å². The molecule has 12 heteroatoms. The molecule has 4 aromatic rings. The Morgan fingerprint density at radius 2 is 1.03 bits per heavy atom. The summed E-state index contributed by atoms with van der Waals surface area (Å²) >= 11 is 0. The number of nitrogens with zero attached hydrogens (tertiary/aromatic N) is 2. The van der Waals surface area contributed by atoms with Crippen molar-refractivity contribution in [2.45, 2.75) is 103 Å². The molecule has 2 unspecified atom stereocenters. The average Bonchev–Trinajstić information content (AvgIpc) is 3.83. The fraction of sp³-hybridized carbons (Fsp3) is 0.373. The molecule has 63 heavy (non-hydrogen) atoms. The van der Waals surface area contributed by atoms with Gasteiger partial charge in [-0.2, -0.15) is 0 Å². The van der Waals surface area contributed by atoms with Gasteiger partial charge in [0.05, 0.1) is 19.2 Å². The number of fused-ring (bicyclic) bond motifs is 2. The van der Waals surface area contributed by atoms with Crippen LogP contribution in [0.15, 0.2) is 97.1 Å². The van der Waals surface area contributed by atoms with E-state index in [1.165, 1.54) is 37.5 Å². The summed E-state index contributed by atoms with van der Waals surface area (Å²) in [4.78, 5) is 51.8. The van der Waals surface area contributed by atoms with Gasteiger partial charge < -0.3 is 29.1 Å². The fourth-order valence-corrected chi connectivity index (χ4v) is 7.68. The van der Waals surface area contributed by atoms with Gasteiger partial charge in [-0.05, 0) is 161 Å². The quantitative estimate of drug-likeness (QED) is 0.0849. The number of hydrogen-bond donors (Lipinski definition) is 1. The molecule has 0 aromatic heterocycles. The Bertz CT molecular complexity index is 2290. The standard InChI is InChI=1S/C26H30FNO4.C25H28FNO4/c1-26(2,3)32-25(30)28(16-15-18-5-10-21(27)11-6-18)23-13-9-20-17-19(7-12-22(20)23)8-14-24(29)31-4;1-25(2,3)31-24(30)27(15-14-17-4-9-20(26)10-5-17)22-12-8-19-16-18(6-11-21(19)22)7-13-23(28)29/h5-8,10-12,14,17,23H,9,13,15-16H2,1-4H3;4-7,9-11,13,16,22H,8,12,14-15H2,1-3H3,(H,28,29)/b14-8+;13-7+. The number of hydrogen-bond acceptors (Lipinski definition) is 7. The third-order valence-electron chi connectivity index (χ3n) is 10.6. The van der Waals surface area contributed by atoms with Crippen LogP contribution in [0.4, 0.5) is 18.4 Å². The molecule has 6 rings (SSSR count). The van der Waals surface area contributed by atoms with E-state index in [4.69, 9.17) is 14.6 Å². The number of ether oxygens (including phenoxy) is 3. The van der Waals surface area contributed by atoms with Gasteiger partial charge in [0.1, 0.15) is 22.8 Å². The Balaban J connectivity index is 0.000000238. The van der Waals surface area contributed by atoms with Crippen LogP contribution >= 0.6 is 0 Å². The number of rotatable bonds is 12. The van der Waals surface area contributed by atoms with Gasteiger partial charge in [0.15, 0.2) is 0 Å². The minimum Gasteiger partial charge on any atom is -0.478 e. The minimum absolute atomic E-state index is 0.0982. The van der Waals surface area contributed by atoms with Crippen molar-refractivity contribution in [2.75, 3.05) is 20.2 Å². The molecular weight excluding hydrogens is 807 g/mol. The summed E-state index contributed by atoms with van der Waals surface area (Å²) in [5.41, 5.74) is 6.81. The van der Waals surface area contributed by atoms with E-state index in [1.54, 1.807) is 46.2 Å². The molecule has 0 spiro atoms. The van der Waals surface area contributed by atoms with Crippen LogP contribution in [-0.2, 0) is 49.5 Å². The van der Waals surface area contributed by atoms with E-state index < -0.39 is 23.1 Å². The Morgan fingerprint density at radius 3 is 1.40 bits per heavy atom. The summed E-state index contributed by atoms with van der Waals surface area (Å²) in [6, 6.07) is 24.2. The number of carbonyl (C=O) groups excluding carboxylic acids is 3. The number of halogens is 2. The van der Waals surface area contributed by atoms with Gasteiger partial charge in [0.2, 0.25) is 0 Å². The van der Waals surface area contributed by atoms with Crippen LogP contribution in [0.25, 0.3) is 12.2 Å². The van der Waals surface area contributed by atoms with E-state index in [1.807, 2.05) is 77.9 Å². The highest BCUT2D eigenvalue weighted by atomic mass is 19.1. The zero-order valence-electron chi connectivity index (χ0n) is 37.2. The van der Waals surface area contributed by atoms with Crippen LogP contribution < -0.4 is 0 Å². The highest BCUT2D eigenvalue weighted by molar-refractivity contribution is 5.87. The molecule has 10 nitrogen and oxygen atoms in total. The molecule has 0 heterocycles. The topological polar surface area (TPSA) is 123 Å². The first-order valence-electron chi connectivity index (χ1n) is 21.2. The predicted octanol–water partition coefficient (Wildman–Crippen LogP) is 10.9. The molecule has 2 amide bonds. The molecule has 334 valence electrons. The van der Waals surface area contributed by atoms with Crippen LogP contribution in [-0.4, -0.2) is 70.4 Å². The molecule has 0 fully saturated rings. The second-order valence-corrected chi connectivity index (χ2v) is 17.7. The second kappa shape index (κ2) is 21.2. The van der Waals surface area contributed by atoms with Crippen molar-refractivity contribution in [3.05, 3.63) is 153 Å². The summed E-state index contributed by atoms with van der Waals surface area (Å²) < 4.78 is 42.5. The molecule has 2 atom stereocenters. The highest BCUT2D eigenvalue weighted by Crippen LogP contribution is 2.39. The molecule has 0 saturated heterocycles. The molecule has 4 aromatic carbocycles. The first-order chi connectivity index (χ1) is 29.8. The maximum atomic E-state index is 13.2. The number of carbonyl (C=O) groups is 4. The molecule has 0 saturated carbocycles. The van der Waals surface area contributed by atoms with Crippen LogP contribution in [0.2, 0.25) is 0 Å². The molecule has 2 aliphatic carbocycles. The first kappa shape index (κ1) is 47.7. The number of amides is 2. The molecule has 1 N–H and O–H groups in total. The molecular formula is C51H58F2N2O8. The van der Waals surface area contributed by atoms with Gasteiger partial charge in [-0.15, -0.1) is 0 Å². The van der Waals surface area contributed by atoms with Gasteiger partial charge in [0.25, 0.3) is 0 Å². The lowest BCUT2D eigenvalue weighted by Crippen LogP contribution is -2.40. The lowest BCUT2D eigenvalue weighted by molar-refractivity contribution is -0.135. The normalized spacial score (nSPS) is 15.6. The van der Waals surface area contributed by atoms with E-state index in [0.29, 0.717) is 25.9 Å². The molecule has 0 radical (unpaired) electrons. The summed E-state index contributed by atoms with van der Waals surface area (Å²) in [5.74, 6) is -1.96. The minimum atomic E-state index is -0.990. The lowest BCUT2D eigenvalue weighted by Gasteiger charge is -2.32. The van der Waals surface area contributed by atoms with Crippen LogP contribution in [0.3, 0.4) is 0 Å². The Labute approximate surface area is 369 Å². The zero-order chi connectivity index (χ0) is 45.9. The van der Waals surface area contributed by atoms with Crippen LogP contribution in [0.5, 0.6) is 0 Å². The van der Waals surface area contributed by atoms with Crippen molar-refractivity contribution in [1.29, 1.82) is 0 Å². The molecule has 0 aliphatic heterocycles. The number of aryl methyl sites for hydroxylation is 2. The van der Waals surface area contributed by atoms with E-state index in [0.717, 1.165) is 76.3 Å². The fourth-order valence-electron chi connectivity index (χ4n) is 7.68. The number of carboxylic acids is 1. The lowest BCUT2D eigenvalue weighted by atomic mass is 10.0. The smallest absolute Gasteiger partial charge is 0.410 e. The zero-order valence-corrected chi connectivity index (χ0v) is 37.2. The van der Waals surface area contributed by atoms with Gasteiger partial charge in [-0.25, -0.2) is 28.0 Å².